The standard InChI is InChI=1S/C14H17NO/c16-7-5-13-10-3-4-11(8-10)14(13)12-2-1-6-15-9-12/h1-2,6-7,9-11,13-14H,3-5,8H2/t10-,11+,13+,14+/m1/s1. The van der Waals surface area contributed by atoms with Gasteiger partial charge in [-0.2, -0.15) is 0 Å². The molecule has 0 amide bonds. The van der Waals surface area contributed by atoms with Gasteiger partial charge in [-0.05, 0) is 54.6 Å². The zero-order valence-electron chi connectivity index (χ0n) is 9.38. The molecule has 2 nitrogen and oxygen atoms in total. The fourth-order valence-corrected chi connectivity index (χ4v) is 3.95. The maximum atomic E-state index is 10.8. The van der Waals surface area contributed by atoms with Crippen molar-refractivity contribution >= 4 is 6.29 Å². The third-order valence-electron chi connectivity index (χ3n) is 4.53. The molecule has 1 heterocycles. The van der Waals surface area contributed by atoms with Crippen LogP contribution < -0.4 is 0 Å². The molecule has 0 spiro atoms. The third-order valence-corrected chi connectivity index (χ3v) is 4.53. The van der Waals surface area contributed by atoms with Gasteiger partial charge in [0.05, 0.1) is 0 Å². The number of aldehydes is 1. The van der Waals surface area contributed by atoms with Crippen LogP contribution in [0, 0.1) is 17.8 Å². The van der Waals surface area contributed by atoms with Crippen molar-refractivity contribution in [1.82, 2.24) is 4.98 Å². The molecule has 1 aromatic rings. The highest BCUT2D eigenvalue weighted by Crippen LogP contribution is 2.57. The molecule has 0 saturated heterocycles. The van der Waals surface area contributed by atoms with Crippen LogP contribution in [-0.4, -0.2) is 11.3 Å². The van der Waals surface area contributed by atoms with E-state index in [4.69, 9.17) is 0 Å². The number of hydrogen-bond donors (Lipinski definition) is 0. The van der Waals surface area contributed by atoms with Gasteiger partial charge in [-0.25, -0.2) is 0 Å². The van der Waals surface area contributed by atoms with Crippen molar-refractivity contribution < 1.29 is 4.79 Å². The minimum Gasteiger partial charge on any atom is -0.303 e. The predicted molar refractivity (Wildman–Crippen MR) is 62.0 cm³/mol. The molecule has 16 heavy (non-hydrogen) atoms. The highest BCUT2D eigenvalue weighted by atomic mass is 16.1. The molecular formula is C14H17NO. The Labute approximate surface area is 96.1 Å². The van der Waals surface area contributed by atoms with Crippen LogP contribution in [0.2, 0.25) is 0 Å². The Hall–Kier alpha value is -1.18. The molecular weight excluding hydrogens is 198 g/mol. The Balaban J connectivity index is 1.90. The summed E-state index contributed by atoms with van der Waals surface area (Å²) in [5, 5.41) is 0. The highest BCUT2D eigenvalue weighted by molar-refractivity contribution is 5.50. The van der Waals surface area contributed by atoms with Gasteiger partial charge >= 0.3 is 0 Å². The highest BCUT2D eigenvalue weighted by Gasteiger charge is 2.47. The summed E-state index contributed by atoms with van der Waals surface area (Å²) in [7, 11) is 0. The number of rotatable bonds is 3. The molecule has 0 aromatic carbocycles. The Bertz CT molecular complexity index is 376. The first-order valence-corrected chi connectivity index (χ1v) is 6.23. The van der Waals surface area contributed by atoms with E-state index in [9.17, 15) is 4.79 Å². The van der Waals surface area contributed by atoms with Gasteiger partial charge < -0.3 is 4.79 Å². The molecule has 2 aliphatic carbocycles. The van der Waals surface area contributed by atoms with Crippen molar-refractivity contribution in [3.8, 4) is 0 Å². The minimum absolute atomic E-state index is 0.584. The fraction of sp³-hybridized carbons (Fsp3) is 0.571. The van der Waals surface area contributed by atoms with Crippen LogP contribution >= 0.6 is 0 Å². The second-order valence-corrected chi connectivity index (χ2v) is 5.21. The number of pyridine rings is 1. The lowest BCUT2D eigenvalue weighted by molar-refractivity contribution is -0.109. The van der Waals surface area contributed by atoms with E-state index < -0.39 is 0 Å². The molecule has 2 saturated carbocycles. The first-order chi connectivity index (χ1) is 7.90. The van der Waals surface area contributed by atoms with Gasteiger partial charge in [0, 0.05) is 18.8 Å². The molecule has 2 fully saturated rings. The fourth-order valence-electron chi connectivity index (χ4n) is 3.95. The Morgan fingerprint density at radius 3 is 3.00 bits per heavy atom. The second-order valence-electron chi connectivity index (χ2n) is 5.21. The van der Waals surface area contributed by atoms with Gasteiger partial charge in [-0.3, -0.25) is 4.98 Å². The van der Waals surface area contributed by atoms with Gasteiger partial charge in [0.2, 0.25) is 0 Å². The summed E-state index contributed by atoms with van der Waals surface area (Å²) in [6.45, 7) is 0. The van der Waals surface area contributed by atoms with Crippen molar-refractivity contribution in [2.24, 2.45) is 17.8 Å². The Morgan fingerprint density at radius 1 is 1.38 bits per heavy atom. The monoisotopic (exact) mass is 215 g/mol. The van der Waals surface area contributed by atoms with E-state index in [1.165, 1.54) is 24.8 Å². The van der Waals surface area contributed by atoms with E-state index in [1.807, 2.05) is 18.5 Å². The van der Waals surface area contributed by atoms with Crippen LogP contribution in [0.25, 0.3) is 0 Å². The van der Waals surface area contributed by atoms with E-state index in [1.54, 1.807) is 0 Å². The van der Waals surface area contributed by atoms with Gasteiger partial charge in [-0.15, -0.1) is 0 Å². The van der Waals surface area contributed by atoms with Gasteiger partial charge in [0.25, 0.3) is 0 Å². The lowest BCUT2D eigenvalue weighted by atomic mass is 9.75. The van der Waals surface area contributed by atoms with Crippen molar-refractivity contribution in [3.05, 3.63) is 30.1 Å². The van der Waals surface area contributed by atoms with E-state index in [-0.39, 0.29) is 0 Å². The van der Waals surface area contributed by atoms with E-state index in [0.29, 0.717) is 11.8 Å². The van der Waals surface area contributed by atoms with Gasteiger partial charge in [0.1, 0.15) is 6.29 Å². The molecule has 3 rings (SSSR count). The van der Waals surface area contributed by atoms with Crippen LogP contribution in [0.5, 0.6) is 0 Å². The summed E-state index contributed by atoms with van der Waals surface area (Å²) < 4.78 is 0. The summed E-state index contributed by atoms with van der Waals surface area (Å²) in [4.78, 5) is 15.0. The number of carbonyl (C=O) groups is 1. The molecule has 0 radical (unpaired) electrons. The molecule has 0 unspecified atom stereocenters. The predicted octanol–water partition coefficient (Wildman–Crippen LogP) is 2.80. The van der Waals surface area contributed by atoms with E-state index in [0.717, 1.165) is 24.5 Å². The van der Waals surface area contributed by atoms with Crippen LogP contribution in [0.4, 0.5) is 0 Å². The maximum absolute atomic E-state index is 10.8. The lowest BCUT2D eigenvalue weighted by Gasteiger charge is -2.30. The SMILES string of the molecule is O=CC[C@H]1[C@@H]2CC[C@@H](C2)[C@H]1c1cccnc1. The number of carbonyl (C=O) groups excluding carboxylic acids is 1. The molecule has 4 atom stereocenters. The zero-order chi connectivity index (χ0) is 11.0. The van der Waals surface area contributed by atoms with Gasteiger partial charge in [0.15, 0.2) is 0 Å². The molecule has 0 aliphatic heterocycles. The quantitative estimate of drug-likeness (QED) is 0.726. The number of hydrogen-bond acceptors (Lipinski definition) is 2. The summed E-state index contributed by atoms with van der Waals surface area (Å²) in [6, 6.07) is 4.19. The van der Waals surface area contributed by atoms with Crippen LogP contribution in [0.15, 0.2) is 24.5 Å². The molecule has 2 aliphatic rings. The van der Waals surface area contributed by atoms with Crippen molar-refractivity contribution in [3.63, 3.8) is 0 Å². The minimum atomic E-state index is 0.584. The van der Waals surface area contributed by atoms with Crippen molar-refractivity contribution in [2.75, 3.05) is 0 Å². The topological polar surface area (TPSA) is 30.0 Å². The van der Waals surface area contributed by atoms with Crippen LogP contribution in [0.3, 0.4) is 0 Å². The average Bonchev–Trinajstić information content (AvgIpc) is 2.91. The summed E-state index contributed by atoms with van der Waals surface area (Å²) in [6.07, 6.45) is 9.67. The largest absolute Gasteiger partial charge is 0.303 e. The van der Waals surface area contributed by atoms with Gasteiger partial charge in [-0.1, -0.05) is 6.07 Å². The second kappa shape index (κ2) is 4.00. The average molecular weight is 215 g/mol. The van der Waals surface area contributed by atoms with Crippen LogP contribution in [-0.2, 0) is 4.79 Å². The van der Waals surface area contributed by atoms with Crippen molar-refractivity contribution in [2.45, 2.75) is 31.6 Å². The summed E-state index contributed by atoms with van der Waals surface area (Å²) in [5.41, 5.74) is 1.35. The zero-order valence-corrected chi connectivity index (χ0v) is 9.38. The first-order valence-electron chi connectivity index (χ1n) is 6.23. The molecule has 84 valence electrons. The Morgan fingerprint density at radius 2 is 2.25 bits per heavy atom. The number of fused-ring (bicyclic) bond motifs is 2. The Kier molecular flexibility index (Phi) is 2.50. The smallest absolute Gasteiger partial charge is 0.120 e. The van der Waals surface area contributed by atoms with Crippen LogP contribution in [0.1, 0.15) is 37.2 Å². The van der Waals surface area contributed by atoms with E-state index in [2.05, 4.69) is 11.1 Å². The normalized spacial score (nSPS) is 36.5. The molecule has 2 bridgehead atoms. The third kappa shape index (κ3) is 1.48. The maximum Gasteiger partial charge on any atom is 0.120 e. The van der Waals surface area contributed by atoms with Crippen molar-refractivity contribution in [1.29, 1.82) is 0 Å². The lowest BCUT2D eigenvalue weighted by Crippen LogP contribution is -2.21. The summed E-state index contributed by atoms with van der Waals surface area (Å²) in [5.74, 6) is 2.78. The number of nitrogens with zero attached hydrogens (tertiary/aromatic N) is 1. The summed E-state index contributed by atoms with van der Waals surface area (Å²) >= 11 is 0. The van der Waals surface area contributed by atoms with E-state index >= 15 is 0 Å². The molecule has 1 aromatic heterocycles. The molecule has 2 heteroatoms. The number of aromatic nitrogens is 1. The first kappa shape index (κ1) is 10.0. The molecule has 0 N–H and O–H groups in total.